The molecule has 2 heterocycles. The topological polar surface area (TPSA) is 76.4 Å². The van der Waals surface area contributed by atoms with Gasteiger partial charge in [0.2, 0.25) is 0 Å². The Kier molecular flexibility index (Phi) is 7.57. The number of rotatable bonds is 8. The van der Waals surface area contributed by atoms with Crippen molar-refractivity contribution >= 4 is 5.96 Å². The molecule has 0 saturated carbocycles. The van der Waals surface area contributed by atoms with Crippen molar-refractivity contribution in [2.24, 2.45) is 4.99 Å². The highest BCUT2D eigenvalue weighted by atomic mass is 19.1. The Morgan fingerprint density at radius 3 is 2.83 bits per heavy atom. The van der Waals surface area contributed by atoms with E-state index in [1.807, 2.05) is 17.6 Å². The number of aryl methyl sites for hydroxylation is 1. The molecule has 1 fully saturated rings. The Morgan fingerprint density at radius 2 is 2.10 bits per heavy atom. The molecule has 1 aliphatic heterocycles. The van der Waals surface area contributed by atoms with E-state index < -0.39 is 0 Å². The minimum absolute atomic E-state index is 0.202. The van der Waals surface area contributed by atoms with Gasteiger partial charge in [-0.05, 0) is 37.5 Å². The first-order chi connectivity index (χ1) is 14.2. The molecule has 0 atom stereocenters. The summed E-state index contributed by atoms with van der Waals surface area (Å²) in [5.41, 5.74) is 0.796. The van der Waals surface area contributed by atoms with E-state index in [9.17, 15) is 4.39 Å². The first kappa shape index (κ1) is 21.2. The number of benzene rings is 1. The Balaban J connectivity index is 1.69. The van der Waals surface area contributed by atoms with E-state index in [0.29, 0.717) is 26.3 Å². The van der Waals surface area contributed by atoms with Crippen LogP contribution in [0.4, 0.5) is 4.39 Å². The van der Waals surface area contributed by atoms with E-state index in [2.05, 4.69) is 27.8 Å². The molecule has 0 bridgehead atoms. The average molecular weight is 403 g/mol. The lowest BCUT2D eigenvalue weighted by Crippen LogP contribution is -2.42. The van der Waals surface area contributed by atoms with Crippen LogP contribution in [0.5, 0.6) is 0 Å². The lowest BCUT2D eigenvalue weighted by molar-refractivity contribution is 0.0530. The first-order valence-corrected chi connectivity index (χ1v) is 10.4. The highest BCUT2D eigenvalue weighted by Crippen LogP contribution is 2.35. The summed E-state index contributed by atoms with van der Waals surface area (Å²) in [4.78, 5) is 4.85. The minimum Gasteiger partial charge on any atom is -0.381 e. The lowest BCUT2D eigenvalue weighted by atomic mass is 9.74. The van der Waals surface area contributed by atoms with Crippen molar-refractivity contribution in [2.45, 2.75) is 45.1 Å². The molecule has 158 valence electrons. The zero-order valence-electron chi connectivity index (χ0n) is 17.3. The second kappa shape index (κ2) is 10.3. The zero-order chi connectivity index (χ0) is 20.5. The third-order valence-electron chi connectivity index (χ3n) is 5.43. The van der Waals surface area contributed by atoms with Crippen molar-refractivity contribution < 1.29 is 9.13 Å². The number of ether oxygens (including phenoxy) is 1. The molecule has 0 aliphatic carbocycles. The Hall–Kier alpha value is -2.48. The summed E-state index contributed by atoms with van der Waals surface area (Å²) in [6.07, 6.45) is 4.28. The molecular weight excluding hydrogens is 371 g/mol. The summed E-state index contributed by atoms with van der Waals surface area (Å²) in [6.45, 7) is 8.29. The van der Waals surface area contributed by atoms with Gasteiger partial charge in [-0.2, -0.15) is 0 Å². The highest BCUT2D eigenvalue weighted by molar-refractivity contribution is 5.79. The van der Waals surface area contributed by atoms with Crippen LogP contribution in [0.25, 0.3) is 0 Å². The number of guanidine groups is 1. The predicted octanol–water partition coefficient (Wildman–Crippen LogP) is 2.28. The molecule has 2 aromatic rings. The number of nitrogens with zero attached hydrogens (tertiary/aromatic N) is 4. The van der Waals surface area contributed by atoms with Gasteiger partial charge in [0.1, 0.15) is 18.0 Å². The van der Waals surface area contributed by atoms with Gasteiger partial charge in [0.25, 0.3) is 0 Å². The smallest absolute Gasteiger partial charge is 0.191 e. The van der Waals surface area contributed by atoms with Crippen molar-refractivity contribution in [1.29, 1.82) is 0 Å². The summed E-state index contributed by atoms with van der Waals surface area (Å²) in [7, 11) is 0. The standard InChI is InChI=1S/C21H31FN6O/c1-3-19-27-26-16-28(19)11-10-24-20(23-4-2)25-15-21(8-12-29-13-9-21)17-6-5-7-18(22)14-17/h5-7,14,16H,3-4,8-13,15H2,1-2H3,(H2,23,24,25). The van der Waals surface area contributed by atoms with Gasteiger partial charge < -0.3 is 19.9 Å². The maximum Gasteiger partial charge on any atom is 0.191 e. The maximum absolute atomic E-state index is 13.9. The normalized spacial score (nSPS) is 16.6. The fraction of sp³-hybridized carbons (Fsp3) is 0.571. The Labute approximate surface area is 171 Å². The number of halogens is 1. The number of hydrogen-bond donors (Lipinski definition) is 2. The van der Waals surface area contributed by atoms with Crippen LogP contribution < -0.4 is 10.6 Å². The molecule has 1 aliphatic rings. The van der Waals surface area contributed by atoms with Gasteiger partial charge in [0.05, 0.1) is 6.54 Å². The number of nitrogens with one attached hydrogen (secondary N) is 2. The molecule has 7 nitrogen and oxygen atoms in total. The lowest BCUT2D eigenvalue weighted by Gasteiger charge is -2.36. The van der Waals surface area contributed by atoms with Crippen LogP contribution in [0.2, 0.25) is 0 Å². The van der Waals surface area contributed by atoms with Crippen LogP contribution in [0.3, 0.4) is 0 Å². The first-order valence-electron chi connectivity index (χ1n) is 10.4. The monoisotopic (exact) mass is 402 g/mol. The van der Waals surface area contributed by atoms with E-state index in [4.69, 9.17) is 9.73 Å². The average Bonchev–Trinajstić information content (AvgIpc) is 3.20. The molecular formula is C21H31FN6O. The summed E-state index contributed by atoms with van der Waals surface area (Å²) in [5.74, 6) is 1.53. The number of aliphatic imine (C=N–C) groups is 1. The molecule has 29 heavy (non-hydrogen) atoms. The van der Waals surface area contributed by atoms with Crippen molar-refractivity contribution in [3.63, 3.8) is 0 Å². The van der Waals surface area contributed by atoms with E-state index in [1.165, 1.54) is 6.07 Å². The molecule has 1 saturated heterocycles. The van der Waals surface area contributed by atoms with Crippen LogP contribution in [-0.2, 0) is 23.1 Å². The quantitative estimate of drug-likeness (QED) is 0.523. The summed E-state index contributed by atoms with van der Waals surface area (Å²) in [6, 6.07) is 6.91. The summed E-state index contributed by atoms with van der Waals surface area (Å²) >= 11 is 0. The molecule has 0 radical (unpaired) electrons. The minimum atomic E-state index is -0.206. The predicted molar refractivity (Wildman–Crippen MR) is 112 cm³/mol. The molecule has 8 heteroatoms. The van der Waals surface area contributed by atoms with Crippen LogP contribution in [0.1, 0.15) is 38.1 Å². The second-order valence-electron chi connectivity index (χ2n) is 7.32. The molecule has 0 amide bonds. The maximum atomic E-state index is 13.9. The molecule has 0 spiro atoms. The van der Waals surface area contributed by atoms with Gasteiger partial charge in [-0.1, -0.05) is 19.1 Å². The number of aromatic nitrogens is 3. The van der Waals surface area contributed by atoms with Crippen molar-refractivity contribution in [1.82, 2.24) is 25.4 Å². The Morgan fingerprint density at radius 1 is 1.28 bits per heavy atom. The molecule has 0 unspecified atom stereocenters. The third-order valence-corrected chi connectivity index (χ3v) is 5.43. The van der Waals surface area contributed by atoms with E-state index >= 15 is 0 Å². The fourth-order valence-electron chi connectivity index (χ4n) is 3.72. The van der Waals surface area contributed by atoms with Crippen LogP contribution in [-0.4, -0.2) is 53.6 Å². The van der Waals surface area contributed by atoms with Gasteiger partial charge in [-0.15, -0.1) is 10.2 Å². The van der Waals surface area contributed by atoms with Gasteiger partial charge in [0, 0.05) is 44.7 Å². The number of hydrogen-bond acceptors (Lipinski definition) is 4. The molecule has 1 aromatic carbocycles. The van der Waals surface area contributed by atoms with Crippen LogP contribution >= 0.6 is 0 Å². The van der Waals surface area contributed by atoms with Crippen LogP contribution in [0.15, 0.2) is 35.6 Å². The second-order valence-corrected chi connectivity index (χ2v) is 7.32. The summed E-state index contributed by atoms with van der Waals surface area (Å²) in [5, 5.41) is 14.8. The van der Waals surface area contributed by atoms with E-state index in [-0.39, 0.29) is 11.2 Å². The molecule has 2 N–H and O–H groups in total. The van der Waals surface area contributed by atoms with E-state index in [0.717, 1.165) is 49.7 Å². The van der Waals surface area contributed by atoms with Gasteiger partial charge >= 0.3 is 0 Å². The summed E-state index contributed by atoms with van der Waals surface area (Å²) < 4.78 is 21.5. The van der Waals surface area contributed by atoms with Crippen molar-refractivity contribution in [3.8, 4) is 0 Å². The van der Waals surface area contributed by atoms with Gasteiger partial charge in [0.15, 0.2) is 5.96 Å². The fourth-order valence-corrected chi connectivity index (χ4v) is 3.72. The van der Waals surface area contributed by atoms with Gasteiger partial charge in [-0.25, -0.2) is 4.39 Å². The largest absolute Gasteiger partial charge is 0.381 e. The zero-order valence-corrected chi connectivity index (χ0v) is 17.3. The third kappa shape index (κ3) is 5.53. The van der Waals surface area contributed by atoms with E-state index in [1.54, 1.807) is 18.5 Å². The van der Waals surface area contributed by atoms with Crippen LogP contribution in [0, 0.1) is 5.82 Å². The molecule has 1 aromatic heterocycles. The Bertz CT molecular complexity index is 800. The van der Waals surface area contributed by atoms with Gasteiger partial charge in [-0.3, -0.25) is 4.99 Å². The molecule has 3 rings (SSSR count). The van der Waals surface area contributed by atoms with Crippen molar-refractivity contribution in [2.75, 3.05) is 32.8 Å². The highest BCUT2D eigenvalue weighted by Gasteiger charge is 2.34. The van der Waals surface area contributed by atoms with Crippen molar-refractivity contribution in [3.05, 3.63) is 47.8 Å². The SMILES string of the molecule is CCNC(=NCC1(c2cccc(F)c2)CCOCC1)NCCn1cnnc1CC.